The normalized spacial score (nSPS) is 21.4. The van der Waals surface area contributed by atoms with Crippen molar-refractivity contribution in [3.05, 3.63) is 44.5 Å². The van der Waals surface area contributed by atoms with Gasteiger partial charge in [-0.1, -0.05) is 0 Å². The Morgan fingerprint density at radius 3 is 2.44 bits per heavy atom. The molecule has 0 aromatic carbocycles. The smallest absolute Gasteiger partial charge is 0.475 e. The molecule has 5 rings (SSSR count). The predicted molar refractivity (Wildman–Crippen MR) is 109 cm³/mol. The fourth-order valence-electron chi connectivity index (χ4n) is 4.40. The number of likely N-dealkylation sites (tertiary alicyclic amines) is 1. The van der Waals surface area contributed by atoms with Gasteiger partial charge in [-0.15, -0.1) is 0 Å². The highest BCUT2D eigenvalue weighted by molar-refractivity contribution is 5.92. The maximum atomic E-state index is 12.8. The van der Waals surface area contributed by atoms with Crippen LogP contribution in [0.3, 0.4) is 0 Å². The lowest BCUT2D eigenvalue weighted by atomic mass is 9.86. The van der Waals surface area contributed by atoms with Gasteiger partial charge in [-0.05, 0) is 31.2 Å². The third-order valence-corrected chi connectivity index (χ3v) is 6.37. The van der Waals surface area contributed by atoms with Crippen LogP contribution in [0.4, 0.5) is 13.2 Å². The van der Waals surface area contributed by atoms with E-state index in [0.717, 1.165) is 19.3 Å². The number of rotatable bonds is 3. The molecule has 1 atom stereocenters. The molecule has 2 aromatic heterocycles. The fraction of sp³-hybridized carbons (Fsp3) is 0.600. The fourth-order valence-corrected chi connectivity index (χ4v) is 4.40. The monoisotopic (exact) mass is 484 g/mol. The molecule has 11 nitrogen and oxygen atoms in total. The number of fused-ring (bicyclic) bond motifs is 1. The first-order chi connectivity index (χ1) is 15.9. The summed E-state index contributed by atoms with van der Waals surface area (Å²) in [5, 5.41) is 15.7. The van der Waals surface area contributed by atoms with E-state index in [1.807, 2.05) is 4.90 Å². The number of hydrogen-bond acceptors (Lipinski definition) is 6. The van der Waals surface area contributed by atoms with Crippen molar-refractivity contribution in [1.29, 1.82) is 0 Å². The lowest BCUT2D eigenvalue weighted by molar-refractivity contribution is -0.192. The van der Waals surface area contributed by atoms with Gasteiger partial charge < -0.3 is 10.0 Å². The molecular weight excluding hydrogens is 461 g/mol. The Bertz CT molecular complexity index is 1240. The standard InChI is InChI=1S/C18H22N6O3.C2HF3O2/c1-21-13(4-6-19-21)15(25)22-7-5-18(10-22)8-14-20-24(9-12-2-3-12)17(27)16(26)23(14)11-18;3-2(4,5)1(6)7/h4,6,12H,2-3,5,7-11H2,1H3;(H,6,7). The van der Waals surface area contributed by atoms with Gasteiger partial charge >= 0.3 is 23.3 Å². The van der Waals surface area contributed by atoms with Gasteiger partial charge in [0, 0.05) is 51.3 Å². The number of carbonyl (C=O) groups is 2. The van der Waals surface area contributed by atoms with E-state index in [-0.39, 0.29) is 11.3 Å². The summed E-state index contributed by atoms with van der Waals surface area (Å²) in [5.74, 6) is -1.65. The summed E-state index contributed by atoms with van der Waals surface area (Å²) in [5.41, 5.74) is -0.655. The zero-order valence-corrected chi connectivity index (χ0v) is 18.3. The van der Waals surface area contributed by atoms with Crippen molar-refractivity contribution in [2.45, 2.75) is 44.9 Å². The van der Waals surface area contributed by atoms with Gasteiger partial charge in [0.2, 0.25) is 0 Å². The number of aromatic nitrogens is 5. The summed E-state index contributed by atoms with van der Waals surface area (Å²) in [4.78, 5) is 48.4. The summed E-state index contributed by atoms with van der Waals surface area (Å²) in [6.07, 6.45) is 0.157. The Balaban J connectivity index is 0.000000344. The number of halogens is 3. The van der Waals surface area contributed by atoms with Crippen LogP contribution in [0.5, 0.6) is 0 Å². The minimum Gasteiger partial charge on any atom is -0.475 e. The quantitative estimate of drug-likeness (QED) is 0.619. The minimum atomic E-state index is -5.08. The molecule has 1 spiro atoms. The summed E-state index contributed by atoms with van der Waals surface area (Å²) in [6.45, 7) is 2.21. The molecule has 1 amide bonds. The van der Waals surface area contributed by atoms with E-state index in [1.165, 1.54) is 9.25 Å². The van der Waals surface area contributed by atoms with Gasteiger partial charge in [-0.2, -0.15) is 23.4 Å². The van der Waals surface area contributed by atoms with Gasteiger partial charge in [0.05, 0.1) is 0 Å². The number of amides is 1. The molecule has 1 aliphatic carbocycles. The van der Waals surface area contributed by atoms with Gasteiger partial charge in [-0.25, -0.2) is 9.48 Å². The van der Waals surface area contributed by atoms with Crippen molar-refractivity contribution < 1.29 is 27.9 Å². The molecule has 0 radical (unpaired) electrons. The number of carboxylic acids is 1. The second-order valence-corrected chi connectivity index (χ2v) is 9.03. The number of hydrogen-bond donors (Lipinski definition) is 1. The van der Waals surface area contributed by atoms with E-state index in [1.54, 1.807) is 24.0 Å². The zero-order chi connectivity index (χ0) is 24.8. The topological polar surface area (TPSA) is 132 Å². The summed E-state index contributed by atoms with van der Waals surface area (Å²) in [7, 11) is 1.75. The molecule has 184 valence electrons. The summed E-state index contributed by atoms with van der Waals surface area (Å²) in [6, 6.07) is 1.72. The van der Waals surface area contributed by atoms with Crippen LogP contribution in [0.25, 0.3) is 0 Å². The first-order valence-electron chi connectivity index (χ1n) is 10.7. The minimum absolute atomic E-state index is 0.0450. The predicted octanol–water partition coefficient (Wildman–Crippen LogP) is 0.270. The number of aryl methyl sites for hydroxylation is 1. The second-order valence-electron chi connectivity index (χ2n) is 9.03. The van der Waals surface area contributed by atoms with Gasteiger partial charge in [-0.3, -0.25) is 23.6 Å². The first kappa shape index (κ1) is 23.7. The number of nitrogens with zero attached hydrogens (tertiary/aromatic N) is 6. The SMILES string of the molecule is Cn1nccc1C(=O)N1CCC2(Cc3nn(CC4CC4)c(=O)c(=O)n3C2)C1.O=C(O)C(F)(F)F. The zero-order valence-electron chi connectivity index (χ0n) is 18.3. The maximum absolute atomic E-state index is 12.8. The first-order valence-corrected chi connectivity index (χ1v) is 10.7. The molecule has 1 unspecified atom stereocenters. The van der Waals surface area contributed by atoms with Crippen molar-refractivity contribution in [2.24, 2.45) is 18.4 Å². The molecule has 1 saturated carbocycles. The molecule has 1 N–H and O–H groups in total. The Labute approximate surface area is 190 Å². The lowest BCUT2D eigenvalue weighted by Crippen LogP contribution is -2.43. The van der Waals surface area contributed by atoms with Gasteiger partial charge in [0.25, 0.3) is 5.91 Å². The molecule has 4 heterocycles. The van der Waals surface area contributed by atoms with Crippen LogP contribution >= 0.6 is 0 Å². The Kier molecular flexibility index (Phi) is 5.85. The van der Waals surface area contributed by atoms with E-state index in [2.05, 4.69) is 10.2 Å². The summed E-state index contributed by atoms with van der Waals surface area (Å²) < 4.78 is 36.2. The van der Waals surface area contributed by atoms with Crippen LogP contribution < -0.4 is 11.1 Å². The van der Waals surface area contributed by atoms with Gasteiger partial charge in [0.15, 0.2) is 0 Å². The van der Waals surface area contributed by atoms with Crippen molar-refractivity contribution in [3.63, 3.8) is 0 Å². The molecule has 2 aliphatic heterocycles. The third kappa shape index (κ3) is 4.61. The van der Waals surface area contributed by atoms with E-state index in [9.17, 15) is 27.6 Å². The van der Waals surface area contributed by atoms with E-state index in [4.69, 9.17) is 9.90 Å². The number of carbonyl (C=O) groups excluding carboxylic acids is 1. The molecular formula is C20H23F3N6O5. The number of aliphatic carboxylic acids is 1. The highest BCUT2D eigenvalue weighted by atomic mass is 19.4. The molecule has 2 fully saturated rings. The van der Waals surface area contributed by atoms with Crippen molar-refractivity contribution in [2.75, 3.05) is 13.1 Å². The van der Waals surface area contributed by atoms with E-state index < -0.39 is 23.3 Å². The van der Waals surface area contributed by atoms with Crippen LogP contribution in [-0.2, 0) is 31.4 Å². The lowest BCUT2D eigenvalue weighted by Gasteiger charge is -2.22. The number of carboxylic acid groups (broad SMARTS) is 1. The Morgan fingerprint density at radius 1 is 1.21 bits per heavy atom. The number of alkyl halides is 3. The highest BCUT2D eigenvalue weighted by Crippen LogP contribution is 2.39. The highest BCUT2D eigenvalue weighted by Gasteiger charge is 2.46. The summed E-state index contributed by atoms with van der Waals surface area (Å²) >= 11 is 0. The maximum Gasteiger partial charge on any atom is 0.490 e. The molecule has 1 saturated heterocycles. The van der Waals surface area contributed by atoms with Gasteiger partial charge in [0.1, 0.15) is 11.5 Å². The largest absolute Gasteiger partial charge is 0.490 e. The van der Waals surface area contributed by atoms with Crippen molar-refractivity contribution >= 4 is 11.9 Å². The van der Waals surface area contributed by atoms with Crippen LogP contribution in [0.1, 0.15) is 35.6 Å². The molecule has 2 aromatic rings. The van der Waals surface area contributed by atoms with E-state index in [0.29, 0.717) is 50.0 Å². The second kappa shape index (κ2) is 8.40. The van der Waals surface area contributed by atoms with Crippen molar-refractivity contribution in [1.82, 2.24) is 29.0 Å². The Morgan fingerprint density at radius 2 is 1.88 bits per heavy atom. The molecule has 14 heteroatoms. The third-order valence-electron chi connectivity index (χ3n) is 6.37. The average molecular weight is 484 g/mol. The van der Waals surface area contributed by atoms with Crippen molar-refractivity contribution in [3.8, 4) is 0 Å². The van der Waals surface area contributed by atoms with Crippen LogP contribution in [0.15, 0.2) is 21.9 Å². The van der Waals surface area contributed by atoms with Crippen LogP contribution in [0, 0.1) is 11.3 Å². The van der Waals surface area contributed by atoms with Crippen LogP contribution in [0.2, 0.25) is 0 Å². The van der Waals surface area contributed by atoms with Crippen LogP contribution in [-0.4, -0.2) is 65.3 Å². The van der Waals surface area contributed by atoms with E-state index >= 15 is 0 Å². The average Bonchev–Trinajstić information content (AvgIpc) is 3.16. The molecule has 34 heavy (non-hydrogen) atoms. The molecule has 3 aliphatic rings. The Hall–Kier alpha value is -3.45. The molecule has 0 bridgehead atoms.